The number of H-pyrrole nitrogens is 1. The zero-order chi connectivity index (χ0) is 20.6. The number of hydrogen-bond acceptors (Lipinski definition) is 4. The van der Waals surface area contributed by atoms with Crippen LogP contribution in [0.1, 0.15) is 29.0 Å². The van der Waals surface area contributed by atoms with E-state index in [1.807, 2.05) is 60.5 Å². The molecule has 4 rings (SSSR count). The fraction of sp³-hybridized carbons (Fsp3) is 0.200. The molecule has 0 amide bonds. The van der Waals surface area contributed by atoms with Crippen molar-refractivity contribution in [1.29, 1.82) is 0 Å². The van der Waals surface area contributed by atoms with Crippen molar-refractivity contribution in [1.82, 2.24) is 15.3 Å². The zero-order valence-corrected chi connectivity index (χ0v) is 17.6. The van der Waals surface area contributed by atoms with E-state index in [4.69, 9.17) is 12.2 Å². The van der Waals surface area contributed by atoms with Crippen LogP contribution in [0.5, 0.6) is 0 Å². The largest absolute Gasteiger partial charge is 0.363 e. The Balaban J connectivity index is 1.76. The molecule has 1 aliphatic rings. The van der Waals surface area contributed by atoms with Gasteiger partial charge in [0.15, 0.2) is 5.11 Å². The number of anilines is 2. The molecule has 150 valence electrons. The monoisotopic (exact) mass is 427 g/mol. The van der Waals surface area contributed by atoms with Crippen molar-refractivity contribution in [3.8, 4) is 0 Å². The second kappa shape index (κ2) is 7.49. The van der Waals surface area contributed by atoms with Crippen LogP contribution in [0.2, 0.25) is 0 Å². The Hall–Kier alpha value is -2.91. The van der Waals surface area contributed by atoms with E-state index >= 15 is 0 Å². The summed E-state index contributed by atoms with van der Waals surface area (Å²) in [6.07, 6.45) is 4.79. The van der Waals surface area contributed by atoms with E-state index < -0.39 is 10.0 Å². The maximum atomic E-state index is 11.6. The first-order valence-electron chi connectivity index (χ1n) is 9.06. The molecule has 0 saturated carbocycles. The highest BCUT2D eigenvalue weighted by molar-refractivity contribution is 7.92. The standard InChI is InChI=1S/C20H21N5O2S2/c1-13-12-14(8-9-15(13)24-29(2,26)27)25-19(17-7-5-11-22-17)18(23-20(25)28)16-6-3-4-10-21-16/h3-12,18-19,22,24H,1-2H3,(H,23,28)/t18-,19-/m1/s1. The number of rotatable bonds is 5. The van der Waals surface area contributed by atoms with Crippen molar-refractivity contribution < 1.29 is 8.42 Å². The maximum absolute atomic E-state index is 11.6. The van der Waals surface area contributed by atoms with Gasteiger partial charge in [0.25, 0.3) is 0 Å². The Morgan fingerprint density at radius 1 is 1.17 bits per heavy atom. The van der Waals surface area contributed by atoms with Crippen LogP contribution in [0.25, 0.3) is 0 Å². The number of aromatic amines is 1. The molecule has 3 aromatic rings. The summed E-state index contributed by atoms with van der Waals surface area (Å²) in [4.78, 5) is 9.85. The number of thiocarbonyl (C=S) groups is 1. The number of nitrogens with one attached hydrogen (secondary N) is 3. The molecule has 2 aromatic heterocycles. The number of hydrogen-bond donors (Lipinski definition) is 3. The molecule has 29 heavy (non-hydrogen) atoms. The maximum Gasteiger partial charge on any atom is 0.229 e. The third-order valence-corrected chi connectivity index (χ3v) is 5.73. The van der Waals surface area contributed by atoms with E-state index in [0.29, 0.717) is 10.8 Å². The van der Waals surface area contributed by atoms with E-state index in [9.17, 15) is 8.42 Å². The molecule has 1 saturated heterocycles. The van der Waals surface area contributed by atoms with Crippen molar-refractivity contribution in [3.63, 3.8) is 0 Å². The lowest BCUT2D eigenvalue weighted by molar-refractivity contribution is 0.558. The predicted molar refractivity (Wildman–Crippen MR) is 118 cm³/mol. The number of aromatic nitrogens is 2. The average Bonchev–Trinajstić information content (AvgIpc) is 3.30. The van der Waals surface area contributed by atoms with E-state index in [1.54, 1.807) is 12.3 Å². The Morgan fingerprint density at radius 3 is 2.62 bits per heavy atom. The smallest absolute Gasteiger partial charge is 0.229 e. The lowest BCUT2D eigenvalue weighted by Crippen LogP contribution is -2.29. The molecule has 1 aromatic carbocycles. The summed E-state index contributed by atoms with van der Waals surface area (Å²) in [6.45, 7) is 1.86. The minimum absolute atomic E-state index is 0.125. The Kier molecular flexibility index (Phi) is 5.01. The highest BCUT2D eigenvalue weighted by Gasteiger charge is 2.41. The molecule has 1 aliphatic heterocycles. The summed E-state index contributed by atoms with van der Waals surface area (Å²) in [7, 11) is -3.35. The normalized spacial score (nSPS) is 19.2. The number of benzene rings is 1. The molecule has 0 unspecified atom stereocenters. The summed E-state index contributed by atoms with van der Waals surface area (Å²) in [5.74, 6) is 0. The van der Waals surface area contributed by atoms with Crippen LogP contribution in [0.15, 0.2) is 60.9 Å². The van der Waals surface area contributed by atoms with Gasteiger partial charge in [0.1, 0.15) is 6.04 Å². The van der Waals surface area contributed by atoms with Gasteiger partial charge in [0, 0.05) is 23.8 Å². The van der Waals surface area contributed by atoms with Crippen LogP contribution in [0.3, 0.4) is 0 Å². The van der Waals surface area contributed by atoms with Crippen LogP contribution in [-0.2, 0) is 10.0 Å². The molecule has 0 radical (unpaired) electrons. The average molecular weight is 428 g/mol. The van der Waals surface area contributed by atoms with Gasteiger partial charge in [-0.25, -0.2) is 8.42 Å². The third-order valence-electron chi connectivity index (χ3n) is 4.82. The molecule has 9 heteroatoms. The molecular formula is C20H21N5O2S2. The molecular weight excluding hydrogens is 406 g/mol. The van der Waals surface area contributed by atoms with Crippen molar-refractivity contribution in [2.45, 2.75) is 19.0 Å². The van der Waals surface area contributed by atoms with Gasteiger partial charge in [-0.3, -0.25) is 9.71 Å². The zero-order valence-electron chi connectivity index (χ0n) is 16.0. The number of nitrogens with zero attached hydrogens (tertiary/aromatic N) is 2. The second-order valence-electron chi connectivity index (χ2n) is 7.00. The Labute approximate surface area is 175 Å². The topological polar surface area (TPSA) is 90.1 Å². The van der Waals surface area contributed by atoms with Gasteiger partial charge in [-0.05, 0) is 67.2 Å². The first-order chi connectivity index (χ1) is 13.8. The van der Waals surface area contributed by atoms with Crippen LogP contribution in [-0.4, -0.2) is 29.8 Å². The lowest BCUT2D eigenvalue weighted by Gasteiger charge is -2.27. The summed E-state index contributed by atoms with van der Waals surface area (Å²) in [5, 5.41) is 3.98. The van der Waals surface area contributed by atoms with Crippen LogP contribution >= 0.6 is 12.2 Å². The quantitative estimate of drug-likeness (QED) is 0.542. The third kappa shape index (κ3) is 3.96. The van der Waals surface area contributed by atoms with Gasteiger partial charge in [0.2, 0.25) is 10.0 Å². The van der Waals surface area contributed by atoms with Crippen LogP contribution in [0.4, 0.5) is 11.4 Å². The van der Waals surface area contributed by atoms with Gasteiger partial charge in [0.05, 0.1) is 23.7 Å². The van der Waals surface area contributed by atoms with Crippen LogP contribution in [0, 0.1) is 6.92 Å². The Morgan fingerprint density at radius 2 is 2.00 bits per heavy atom. The van der Waals surface area contributed by atoms with E-state index in [1.165, 1.54) is 0 Å². The van der Waals surface area contributed by atoms with E-state index in [2.05, 4.69) is 20.0 Å². The minimum atomic E-state index is -3.35. The molecule has 1 fully saturated rings. The minimum Gasteiger partial charge on any atom is -0.363 e. The van der Waals surface area contributed by atoms with Gasteiger partial charge < -0.3 is 15.2 Å². The Bertz CT molecular complexity index is 1130. The summed E-state index contributed by atoms with van der Waals surface area (Å²) < 4.78 is 25.7. The molecule has 0 bridgehead atoms. The summed E-state index contributed by atoms with van der Waals surface area (Å²) >= 11 is 5.68. The van der Waals surface area contributed by atoms with Crippen molar-refractivity contribution in [3.05, 3.63) is 77.9 Å². The van der Waals surface area contributed by atoms with Gasteiger partial charge >= 0.3 is 0 Å². The van der Waals surface area contributed by atoms with Crippen molar-refractivity contribution >= 4 is 38.7 Å². The fourth-order valence-electron chi connectivity index (χ4n) is 3.59. The predicted octanol–water partition coefficient (Wildman–Crippen LogP) is 3.27. The first-order valence-corrected chi connectivity index (χ1v) is 11.4. The van der Waals surface area contributed by atoms with Crippen molar-refractivity contribution in [2.75, 3.05) is 15.9 Å². The molecule has 0 aliphatic carbocycles. The van der Waals surface area contributed by atoms with Gasteiger partial charge in [-0.1, -0.05) is 6.07 Å². The molecule has 7 nitrogen and oxygen atoms in total. The molecule has 0 spiro atoms. The van der Waals surface area contributed by atoms with Crippen LogP contribution < -0.4 is 14.9 Å². The molecule has 2 atom stereocenters. The molecule has 3 heterocycles. The van der Waals surface area contributed by atoms with E-state index in [0.717, 1.165) is 28.9 Å². The summed E-state index contributed by atoms with van der Waals surface area (Å²) in [6, 6.07) is 15.1. The van der Waals surface area contributed by atoms with Gasteiger partial charge in [-0.2, -0.15) is 0 Å². The van der Waals surface area contributed by atoms with Crippen molar-refractivity contribution in [2.24, 2.45) is 0 Å². The first kappa shape index (κ1) is 19.4. The molecule has 3 N–H and O–H groups in total. The summed E-state index contributed by atoms with van der Waals surface area (Å²) in [5.41, 5.74) is 4.12. The SMILES string of the molecule is Cc1cc(N2C(=S)N[C@H](c3ccccn3)[C@H]2c2ccc[nH]2)ccc1NS(C)(=O)=O. The highest BCUT2D eigenvalue weighted by atomic mass is 32.2. The number of sulfonamides is 1. The highest BCUT2D eigenvalue weighted by Crippen LogP contribution is 2.41. The fourth-order valence-corrected chi connectivity index (χ4v) is 4.56. The van der Waals surface area contributed by atoms with E-state index in [-0.39, 0.29) is 12.1 Å². The second-order valence-corrected chi connectivity index (χ2v) is 9.13. The number of pyridine rings is 1. The number of aryl methyl sites for hydroxylation is 1. The lowest BCUT2D eigenvalue weighted by atomic mass is 10.0. The van der Waals surface area contributed by atoms with Gasteiger partial charge in [-0.15, -0.1) is 0 Å².